The first-order chi connectivity index (χ1) is 16.3. The molecule has 2 aliphatic carbocycles. The molecule has 0 amide bonds. The molecular weight excluding hydrogens is 457 g/mol. The van der Waals surface area contributed by atoms with Crippen LogP contribution >= 0.6 is 11.6 Å². The van der Waals surface area contributed by atoms with E-state index in [1.165, 1.54) is 12.1 Å². The first kappa shape index (κ1) is 25.0. The minimum atomic E-state index is -1.39. The van der Waals surface area contributed by atoms with Crippen molar-refractivity contribution < 1.29 is 18.0 Å². The van der Waals surface area contributed by atoms with Crippen LogP contribution in [0.5, 0.6) is 0 Å². The highest BCUT2D eigenvalue weighted by atomic mass is 35.5. The molecule has 1 nitrogen and oxygen atoms in total. The van der Waals surface area contributed by atoms with Gasteiger partial charge in [-0.3, -0.25) is 4.79 Å². The minimum absolute atomic E-state index is 0.0388. The van der Waals surface area contributed by atoms with Crippen molar-refractivity contribution in [3.63, 3.8) is 0 Å². The lowest BCUT2D eigenvalue weighted by Gasteiger charge is -2.32. The third kappa shape index (κ3) is 6.13. The summed E-state index contributed by atoms with van der Waals surface area (Å²) in [5, 5.41) is 0.247. The average molecular weight is 489 g/mol. The number of rotatable bonds is 6. The molecule has 0 spiro atoms. The lowest BCUT2D eigenvalue weighted by atomic mass is 9.73. The van der Waals surface area contributed by atoms with Gasteiger partial charge in [0, 0.05) is 29.7 Å². The average Bonchev–Trinajstić information content (AvgIpc) is 2.77. The van der Waals surface area contributed by atoms with Crippen LogP contribution in [0.25, 0.3) is 0 Å². The maximum atomic E-state index is 14.6. The number of ketones is 1. The van der Waals surface area contributed by atoms with Crippen molar-refractivity contribution in [1.29, 1.82) is 0 Å². The molecule has 0 aliphatic heterocycles. The predicted octanol–water partition coefficient (Wildman–Crippen LogP) is 7.66. The number of carbonyl (C=O) groups is 1. The number of benzene rings is 2. The van der Waals surface area contributed by atoms with Crippen molar-refractivity contribution in [1.82, 2.24) is 0 Å². The van der Waals surface area contributed by atoms with Gasteiger partial charge in [-0.05, 0) is 86.3 Å². The Morgan fingerprint density at radius 2 is 1.74 bits per heavy atom. The Bertz CT molecular complexity index is 1030. The molecule has 182 valence electrons. The second kappa shape index (κ2) is 11.1. The summed E-state index contributed by atoms with van der Waals surface area (Å²) in [4.78, 5) is 13.5. The lowest BCUT2D eigenvalue weighted by Crippen LogP contribution is -2.32. The van der Waals surface area contributed by atoms with Crippen LogP contribution in [-0.2, 0) is 24.1 Å². The third-order valence-electron chi connectivity index (χ3n) is 7.63. The summed E-state index contributed by atoms with van der Waals surface area (Å²) in [6.45, 7) is 2.01. The smallest absolute Gasteiger partial charge is 0.140 e. The van der Waals surface area contributed by atoms with E-state index in [1.807, 2.05) is 37.3 Å². The highest BCUT2D eigenvalue weighted by Gasteiger charge is 2.36. The number of hydrogen-bond acceptors (Lipinski definition) is 1. The van der Waals surface area contributed by atoms with Gasteiger partial charge >= 0.3 is 0 Å². The summed E-state index contributed by atoms with van der Waals surface area (Å²) in [6.07, 6.45) is 2.77. The van der Waals surface area contributed by atoms with E-state index in [2.05, 4.69) is 0 Å². The molecule has 5 unspecified atom stereocenters. The van der Waals surface area contributed by atoms with Crippen LogP contribution in [0.2, 0.25) is 0 Å². The van der Waals surface area contributed by atoms with E-state index in [4.69, 9.17) is 11.6 Å². The lowest BCUT2D eigenvalue weighted by molar-refractivity contribution is -0.124. The SMILES string of the molecule is Cc1ccc(CC(=O)C2CCc3cc(F)ccc3CCC2CCC2C(F)C=C(Cl)CC2F)cc1. The normalized spacial score (nSPS) is 27.3. The zero-order valence-electron chi connectivity index (χ0n) is 19.6. The van der Waals surface area contributed by atoms with Gasteiger partial charge in [-0.1, -0.05) is 47.5 Å². The Morgan fingerprint density at radius 3 is 2.47 bits per heavy atom. The molecule has 0 aromatic heterocycles. The van der Waals surface area contributed by atoms with Crippen LogP contribution in [-0.4, -0.2) is 18.1 Å². The van der Waals surface area contributed by atoms with E-state index in [9.17, 15) is 18.0 Å². The molecule has 0 radical (unpaired) electrons. The fourth-order valence-corrected chi connectivity index (χ4v) is 5.88. The van der Waals surface area contributed by atoms with Gasteiger partial charge < -0.3 is 0 Å². The van der Waals surface area contributed by atoms with E-state index in [0.29, 0.717) is 32.1 Å². The Morgan fingerprint density at radius 1 is 1.00 bits per heavy atom. The summed E-state index contributed by atoms with van der Waals surface area (Å²) >= 11 is 5.88. The van der Waals surface area contributed by atoms with Crippen LogP contribution < -0.4 is 0 Å². The summed E-state index contributed by atoms with van der Waals surface area (Å²) in [5.41, 5.74) is 4.19. The van der Waals surface area contributed by atoms with Crippen LogP contribution in [0.4, 0.5) is 13.2 Å². The predicted molar refractivity (Wildman–Crippen MR) is 131 cm³/mol. The zero-order chi connectivity index (χ0) is 24.2. The Hall–Kier alpha value is -2.07. The van der Waals surface area contributed by atoms with Crippen LogP contribution in [0.1, 0.15) is 54.4 Å². The molecule has 0 saturated carbocycles. The van der Waals surface area contributed by atoms with Crippen molar-refractivity contribution in [2.45, 2.75) is 70.6 Å². The number of fused-ring (bicyclic) bond motifs is 1. The van der Waals surface area contributed by atoms with Gasteiger partial charge in [0.25, 0.3) is 0 Å². The third-order valence-corrected chi connectivity index (χ3v) is 7.91. The number of halogens is 4. The van der Waals surface area contributed by atoms with Crippen LogP contribution in [0.15, 0.2) is 53.6 Å². The zero-order valence-corrected chi connectivity index (χ0v) is 20.3. The number of alkyl halides is 2. The van der Waals surface area contributed by atoms with Gasteiger partial charge in [-0.15, -0.1) is 0 Å². The second-order valence-corrected chi connectivity index (χ2v) is 10.5. The molecule has 2 aromatic rings. The van der Waals surface area contributed by atoms with Gasteiger partial charge in [0.2, 0.25) is 0 Å². The summed E-state index contributed by atoms with van der Waals surface area (Å²) in [5.74, 6) is -0.991. The van der Waals surface area contributed by atoms with Crippen molar-refractivity contribution in [2.75, 3.05) is 0 Å². The number of aryl methyl sites for hydroxylation is 3. The number of carbonyl (C=O) groups excluding carboxylic acids is 1. The highest BCUT2D eigenvalue weighted by molar-refractivity contribution is 6.29. The summed E-state index contributed by atoms with van der Waals surface area (Å²) in [6, 6.07) is 12.9. The molecule has 0 bridgehead atoms. The molecule has 0 fully saturated rings. The van der Waals surface area contributed by atoms with E-state index in [1.54, 1.807) is 6.07 Å². The van der Waals surface area contributed by atoms with E-state index in [-0.39, 0.29) is 34.9 Å². The van der Waals surface area contributed by atoms with Gasteiger partial charge in [0.15, 0.2) is 0 Å². The maximum Gasteiger partial charge on any atom is 0.140 e. The Labute approximate surface area is 205 Å². The monoisotopic (exact) mass is 488 g/mol. The van der Waals surface area contributed by atoms with Crippen molar-refractivity contribution >= 4 is 17.4 Å². The van der Waals surface area contributed by atoms with Gasteiger partial charge in [-0.2, -0.15) is 0 Å². The summed E-state index contributed by atoms with van der Waals surface area (Å²) in [7, 11) is 0. The van der Waals surface area contributed by atoms with Crippen LogP contribution in [0, 0.1) is 30.5 Å². The van der Waals surface area contributed by atoms with E-state index < -0.39 is 18.3 Å². The first-order valence-electron chi connectivity index (χ1n) is 12.3. The fraction of sp³-hybridized carbons (Fsp3) is 0.483. The number of Topliss-reactive ketones (excluding diaryl/α,β-unsaturated/α-hetero) is 1. The Balaban J connectivity index is 1.52. The molecule has 0 N–H and O–H groups in total. The summed E-state index contributed by atoms with van der Waals surface area (Å²) < 4.78 is 43.0. The molecule has 0 heterocycles. The first-order valence-corrected chi connectivity index (χ1v) is 12.7. The fourth-order valence-electron chi connectivity index (χ4n) is 5.62. The largest absolute Gasteiger partial charge is 0.299 e. The molecule has 5 atom stereocenters. The van der Waals surface area contributed by atoms with E-state index >= 15 is 0 Å². The second-order valence-electron chi connectivity index (χ2n) is 10.0. The molecular formula is C29H32ClF3O. The molecule has 2 aromatic carbocycles. The van der Waals surface area contributed by atoms with Crippen molar-refractivity contribution in [3.8, 4) is 0 Å². The van der Waals surface area contributed by atoms with Gasteiger partial charge in [-0.25, -0.2) is 13.2 Å². The highest BCUT2D eigenvalue weighted by Crippen LogP contribution is 2.38. The standard InChI is InChI=1S/C29H32ClF3O/c1-18-2-4-19(5-3-18)14-29(34)25-12-10-22-15-24(31)11-8-20(22)6-7-21(25)9-13-26-27(32)16-23(30)17-28(26)33/h2-5,8,11,15-16,21,25-28H,6-7,9-10,12-14,17H2,1H3. The van der Waals surface area contributed by atoms with E-state index in [0.717, 1.165) is 35.1 Å². The molecule has 0 saturated heterocycles. The van der Waals surface area contributed by atoms with Crippen LogP contribution in [0.3, 0.4) is 0 Å². The number of allylic oxidation sites excluding steroid dienone is 2. The molecule has 4 rings (SSSR count). The minimum Gasteiger partial charge on any atom is -0.299 e. The topological polar surface area (TPSA) is 17.1 Å². The van der Waals surface area contributed by atoms with Crippen molar-refractivity contribution in [2.24, 2.45) is 17.8 Å². The maximum absolute atomic E-state index is 14.6. The quantitative estimate of drug-likeness (QED) is 0.408. The van der Waals surface area contributed by atoms with Gasteiger partial charge in [0.1, 0.15) is 23.9 Å². The van der Waals surface area contributed by atoms with Gasteiger partial charge in [0.05, 0.1) is 0 Å². The van der Waals surface area contributed by atoms with Crippen molar-refractivity contribution in [3.05, 3.63) is 81.6 Å². The Kier molecular flexibility index (Phi) is 8.18. The molecule has 2 aliphatic rings. The molecule has 5 heteroatoms. The molecule has 34 heavy (non-hydrogen) atoms. The number of hydrogen-bond donors (Lipinski definition) is 0.